The Kier molecular flexibility index (Phi) is 5.61. The Morgan fingerprint density at radius 1 is 1.19 bits per heavy atom. The highest BCUT2D eigenvalue weighted by Gasteiger charge is 2.20. The van der Waals surface area contributed by atoms with Crippen LogP contribution in [0.4, 0.5) is 5.82 Å². The number of carbonyl (C=O) groups is 1. The number of nitriles is 2. The number of nitrogens with one attached hydrogen (secondary N) is 1. The summed E-state index contributed by atoms with van der Waals surface area (Å²) in [5, 5.41) is 18.7. The van der Waals surface area contributed by atoms with Crippen molar-refractivity contribution < 1.29 is 14.3 Å². The average molecular weight is 352 g/mol. The second-order valence-electron chi connectivity index (χ2n) is 5.14. The second-order valence-corrected chi connectivity index (χ2v) is 5.14. The molecule has 0 radical (unpaired) electrons. The van der Waals surface area contributed by atoms with Crippen LogP contribution in [0, 0.1) is 22.7 Å². The number of ether oxygens (including phenoxy) is 2. The highest BCUT2D eigenvalue weighted by atomic mass is 16.6. The zero-order valence-electron chi connectivity index (χ0n) is 14.3. The van der Waals surface area contributed by atoms with E-state index in [0.717, 1.165) is 0 Å². The lowest BCUT2D eigenvalue weighted by Gasteiger charge is -2.14. The molecule has 2 rings (SSSR count). The Balaban J connectivity index is 2.73. The van der Waals surface area contributed by atoms with Crippen LogP contribution >= 0.6 is 0 Å². The third kappa shape index (κ3) is 3.50. The number of nitrogens with zero attached hydrogens (tertiary/aromatic N) is 2. The van der Waals surface area contributed by atoms with E-state index in [9.17, 15) is 20.1 Å². The Labute approximate surface area is 149 Å². The Bertz CT molecular complexity index is 996. The molecule has 26 heavy (non-hydrogen) atoms. The number of anilines is 1. The number of H-pyrrole nitrogens is 1. The van der Waals surface area contributed by atoms with Gasteiger partial charge in [0.1, 0.15) is 29.1 Å². The van der Waals surface area contributed by atoms with Gasteiger partial charge < -0.3 is 20.2 Å². The van der Waals surface area contributed by atoms with E-state index >= 15 is 0 Å². The maximum Gasteiger partial charge on any atom is 0.311 e. The number of aromatic amines is 1. The molecule has 0 aliphatic rings. The van der Waals surface area contributed by atoms with Gasteiger partial charge in [0.25, 0.3) is 5.56 Å². The normalized spacial score (nSPS) is 9.85. The van der Waals surface area contributed by atoms with Gasteiger partial charge in [-0.3, -0.25) is 9.59 Å². The number of nitrogen functional groups attached to an aromatic ring is 1. The molecule has 8 heteroatoms. The predicted molar refractivity (Wildman–Crippen MR) is 93.4 cm³/mol. The number of aromatic nitrogens is 1. The van der Waals surface area contributed by atoms with Gasteiger partial charge in [0, 0.05) is 12.0 Å². The molecule has 0 amide bonds. The van der Waals surface area contributed by atoms with E-state index in [-0.39, 0.29) is 40.4 Å². The second kappa shape index (κ2) is 7.86. The topological polar surface area (TPSA) is 142 Å². The number of benzene rings is 1. The number of esters is 1. The number of pyridine rings is 1. The van der Waals surface area contributed by atoms with Gasteiger partial charge in [-0.1, -0.05) is 13.0 Å². The molecule has 0 aliphatic heterocycles. The van der Waals surface area contributed by atoms with Gasteiger partial charge in [0.2, 0.25) is 0 Å². The smallest absolute Gasteiger partial charge is 0.311 e. The van der Waals surface area contributed by atoms with E-state index in [1.807, 2.05) is 6.07 Å². The SMILES string of the molecule is CCOc1cc(-c2c(C#N)c(N)[nH]c(=O)c2C#N)ccc1OC(=O)CC. The fourth-order valence-electron chi connectivity index (χ4n) is 2.34. The summed E-state index contributed by atoms with van der Waals surface area (Å²) < 4.78 is 10.7. The molecule has 0 saturated heterocycles. The van der Waals surface area contributed by atoms with Gasteiger partial charge >= 0.3 is 5.97 Å². The molecule has 0 saturated carbocycles. The highest BCUT2D eigenvalue weighted by Crippen LogP contribution is 2.36. The van der Waals surface area contributed by atoms with Crippen molar-refractivity contribution >= 4 is 11.8 Å². The fourth-order valence-corrected chi connectivity index (χ4v) is 2.34. The van der Waals surface area contributed by atoms with Crippen molar-refractivity contribution in [2.45, 2.75) is 20.3 Å². The first kappa shape index (κ1) is 18.6. The third-order valence-corrected chi connectivity index (χ3v) is 3.51. The summed E-state index contributed by atoms with van der Waals surface area (Å²) in [6, 6.07) is 8.20. The van der Waals surface area contributed by atoms with Crippen LogP contribution in [-0.2, 0) is 4.79 Å². The molecular formula is C18H16N4O4. The summed E-state index contributed by atoms with van der Waals surface area (Å²) in [6.45, 7) is 3.72. The van der Waals surface area contributed by atoms with Gasteiger partial charge in [0.05, 0.1) is 6.61 Å². The van der Waals surface area contributed by atoms with Crippen molar-refractivity contribution in [1.82, 2.24) is 4.98 Å². The zero-order valence-corrected chi connectivity index (χ0v) is 14.3. The van der Waals surface area contributed by atoms with Crippen molar-refractivity contribution in [1.29, 1.82) is 10.5 Å². The first-order valence-electron chi connectivity index (χ1n) is 7.80. The molecule has 0 aliphatic carbocycles. The summed E-state index contributed by atoms with van der Waals surface area (Å²) in [6.07, 6.45) is 0.190. The molecule has 1 aromatic carbocycles. The molecule has 1 aromatic heterocycles. The summed E-state index contributed by atoms with van der Waals surface area (Å²) in [4.78, 5) is 25.9. The molecule has 2 aromatic rings. The molecule has 0 atom stereocenters. The number of rotatable bonds is 5. The van der Waals surface area contributed by atoms with Crippen LogP contribution in [0.2, 0.25) is 0 Å². The van der Waals surface area contributed by atoms with Crippen LogP contribution in [-0.4, -0.2) is 17.6 Å². The molecule has 3 N–H and O–H groups in total. The summed E-state index contributed by atoms with van der Waals surface area (Å²) in [5.41, 5.74) is 5.23. The molecule has 0 fully saturated rings. The van der Waals surface area contributed by atoms with Crippen molar-refractivity contribution in [2.75, 3.05) is 12.3 Å². The van der Waals surface area contributed by atoms with E-state index in [1.165, 1.54) is 18.2 Å². The van der Waals surface area contributed by atoms with Crippen LogP contribution in [0.5, 0.6) is 11.5 Å². The van der Waals surface area contributed by atoms with E-state index in [0.29, 0.717) is 12.2 Å². The molecule has 0 bridgehead atoms. The van der Waals surface area contributed by atoms with Crippen LogP contribution < -0.4 is 20.8 Å². The van der Waals surface area contributed by atoms with Crippen LogP contribution in [0.25, 0.3) is 11.1 Å². The number of hydrogen-bond acceptors (Lipinski definition) is 7. The number of hydrogen-bond donors (Lipinski definition) is 2. The maximum atomic E-state index is 12.0. The van der Waals surface area contributed by atoms with E-state index in [4.69, 9.17) is 15.2 Å². The summed E-state index contributed by atoms with van der Waals surface area (Å²) in [7, 11) is 0. The minimum atomic E-state index is -0.696. The van der Waals surface area contributed by atoms with Crippen molar-refractivity contribution in [3.63, 3.8) is 0 Å². The Morgan fingerprint density at radius 2 is 1.88 bits per heavy atom. The lowest BCUT2D eigenvalue weighted by Crippen LogP contribution is -2.16. The lowest BCUT2D eigenvalue weighted by molar-refractivity contribution is -0.134. The summed E-state index contributed by atoms with van der Waals surface area (Å²) in [5.74, 6) is -0.115. The van der Waals surface area contributed by atoms with Gasteiger partial charge in [0.15, 0.2) is 11.5 Å². The highest BCUT2D eigenvalue weighted by molar-refractivity contribution is 5.82. The van der Waals surface area contributed by atoms with E-state index < -0.39 is 11.5 Å². The molecule has 0 unspecified atom stereocenters. The predicted octanol–water partition coefficient (Wildman–Crippen LogP) is 2.08. The van der Waals surface area contributed by atoms with Gasteiger partial charge in [-0.05, 0) is 24.6 Å². The van der Waals surface area contributed by atoms with E-state index in [1.54, 1.807) is 19.9 Å². The Morgan fingerprint density at radius 3 is 2.46 bits per heavy atom. The van der Waals surface area contributed by atoms with Crippen LogP contribution in [0.3, 0.4) is 0 Å². The minimum Gasteiger partial charge on any atom is -0.490 e. The first-order chi connectivity index (χ1) is 12.5. The molecule has 8 nitrogen and oxygen atoms in total. The van der Waals surface area contributed by atoms with Gasteiger partial charge in [-0.2, -0.15) is 10.5 Å². The van der Waals surface area contributed by atoms with E-state index in [2.05, 4.69) is 4.98 Å². The van der Waals surface area contributed by atoms with Gasteiger partial charge in [-0.15, -0.1) is 0 Å². The monoisotopic (exact) mass is 352 g/mol. The van der Waals surface area contributed by atoms with Crippen LogP contribution in [0.1, 0.15) is 31.4 Å². The average Bonchev–Trinajstić information content (AvgIpc) is 2.62. The molecule has 1 heterocycles. The fraction of sp³-hybridized carbons (Fsp3) is 0.222. The largest absolute Gasteiger partial charge is 0.490 e. The molecule has 0 spiro atoms. The third-order valence-electron chi connectivity index (χ3n) is 3.51. The quantitative estimate of drug-likeness (QED) is 0.619. The lowest BCUT2D eigenvalue weighted by atomic mass is 9.96. The molecule has 132 valence electrons. The maximum absolute atomic E-state index is 12.0. The Hall–Kier alpha value is -3.78. The standard InChI is InChI=1S/C18H16N4O4/c1-3-15(23)26-13-6-5-10(7-14(13)25-4-2)16-11(8-19)17(21)22-18(24)12(16)9-20/h5-7H,3-4H2,1-2H3,(H3,21,22,24). The van der Waals surface area contributed by atoms with Crippen molar-refractivity contribution in [3.05, 3.63) is 39.7 Å². The first-order valence-corrected chi connectivity index (χ1v) is 7.80. The van der Waals surface area contributed by atoms with Crippen molar-refractivity contribution in [3.8, 4) is 34.8 Å². The van der Waals surface area contributed by atoms with Gasteiger partial charge in [-0.25, -0.2) is 0 Å². The van der Waals surface area contributed by atoms with Crippen LogP contribution in [0.15, 0.2) is 23.0 Å². The van der Waals surface area contributed by atoms with Crippen molar-refractivity contribution in [2.24, 2.45) is 0 Å². The zero-order chi connectivity index (χ0) is 19.3. The summed E-state index contributed by atoms with van der Waals surface area (Å²) >= 11 is 0. The number of nitrogens with two attached hydrogens (primary N) is 1. The number of carbonyl (C=O) groups excluding carboxylic acids is 1. The molecular weight excluding hydrogens is 336 g/mol. The minimum absolute atomic E-state index is 0.0260.